The van der Waals surface area contributed by atoms with Crippen molar-refractivity contribution >= 4 is 34.0 Å². The van der Waals surface area contributed by atoms with Gasteiger partial charge in [-0.2, -0.15) is 5.10 Å². The van der Waals surface area contributed by atoms with Gasteiger partial charge in [0.15, 0.2) is 5.13 Å². The van der Waals surface area contributed by atoms with E-state index in [0.717, 1.165) is 28.2 Å². The molecule has 2 aromatic heterocycles. The van der Waals surface area contributed by atoms with Gasteiger partial charge in [-0.1, -0.05) is 6.07 Å². The lowest BCUT2D eigenvalue weighted by molar-refractivity contribution is -0.119. The molecule has 0 radical (unpaired) electrons. The Morgan fingerprint density at radius 3 is 2.81 bits per heavy atom. The monoisotopic (exact) mass is 439 g/mol. The summed E-state index contributed by atoms with van der Waals surface area (Å²) in [6.45, 7) is 4.73. The highest BCUT2D eigenvalue weighted by Crippen LogP contribution is 2.33. The number of hydrogen-bond acceptors (Lipinski definition) is 6. The predicted molar refractivity (Wildman–Crippen MR) is 121 cm³/mol. The van der Waals surface area contributed by atoms with E-state index in [9.17, 15) is 9.59 Å². The first-order valence-electron chi connectivity index (χ1n) is 10.1. The Hall–Kier alpha value is -3.04. The summed E-state index contributed by atoms with van der Waals surface area (Å²) >= 11 is 1.38. The molecule has 0 saturated heterocycles. The number of thiazole rings is 1. The number of anilines is 2. The fourth-order valence-corrected chi connectivity index (χ4v) is 4.59. The van der Waals surface area contributed by atoms with Crippen LogP contribution in [0.4, 0.5) is 10.8 Å². The molecule has 1 aromatic carbocycles. The molecule has 8 nitrogen and oxygen atoms in total. The van der Waals surface area contributed by atoms with Crippen LogP contribution in [0.25, 0.3) is 11.3 Å². The molecule has 3 aromatic rings. The van der Waals surface area contributed by atoms with Crippen molar-refractivity contribution in [3.05, 3.63) is 46.1 Å². The zero-order valence-electron chi connectivity index (χ0n) is 18.1. The highest BCUT2D eigenvalue weighted by molar-refractivity contribution is 7.14. The zero-order chi connectivity index (χ0) is 22.1. The Kier molecular flexibility index (Phi) is 5.88. The molecule has 0 bridgehead atoms. The van der Waals surface area contributed by atoms with Crippen molar-refractivity contribution in [1.29, 1.82) is 0 Å². The fraction of sp³-hybridized carbons (Fsp3) is 0.364. The van der Waals surface area contributed by atoms with E-state index >= 15 is 0 Å². The van der Waals surface area contributed by atoms with Crippen LogP contribution in [0.3, 0.4) is 0 Å². The van der Waals surface area contributed by atoms with Crippen molar-refractivity contribution in [1.82, 2.24) is 14.8 Å². The summed E-state index contributed by atoms with van der Waals surface area (Å²) in [5.41, 5.74) is 5.89. The lowest BCUT2D eigenvalue weighted by Crippen LogP contribution is -2.37. The molecular weight excluding hydrogens is 414 g/mol. The van der Waals surface area contributed by atoms with Gasteiger partial charge >= 0.3 is 0 Å². The van der Waals surface area contributed by atoms with Gasteiger partial charge < -0.3 is 9.64 Å². The first-order valence-corrected chi connectivity index (χ1v) is 11.0. The van der Waals surface area contributed by atoms with Crippen LogP contribution < -0.4 is 10.2 Å². The Bertz CT molecular complexity index is 1150. The number of fused-ring (bicyclic) bond motifs is 1. The molecule has 2 amide bonds. The van der Waals surface area contributed by atoms with E-state index in [2.05, 4.69) is 21.5 Å². The number of amides is 2. The molecule has 0 spiro atoms. The summed E-state index contributed by atoms with van der Waals surface area (Å²) in [6, 6.07) is 6.02. The van der Waals surface area contributed by atoms with Gasteiger partial charge in [-0.05, 0) is 38.0 Å². The Balaban J connectivity index is 1.54. The summed E-state index contributed by atoms with van der Waals surface area (Å²) in [7, 11) is 3.45. The maximum Gasteiger partial charge on any atom is 0.261 e. The van der Waals surface area contributed by atoms with Crippen molar-refractivity contribution < 1.29 is 14.3 Å². The third-order valence-corrected chi connectivity index (χ3v) is 6.31. The number of aryl methyl sites for hydroxylation is 3. The number of nitrogens with one attached hydrogen (secondary N) is 1. The summed E-state index contributed by atoms with van der Waals surface area (Å²) in [6.07, 6.45) is 1.20. The number of benzene rings is 1. The van der Waals surface area contributed by atoms with Gasteiger partial charge in [0.25, 0.3) is 5.91 Å². The summed E-state index contributed by atoms with van der Waals surface area (Å²) in [5, 5.41) is 9.66. The predicted octanol–water partition coefficient (Wildman–Crippen LogP) is 3.34. The van der Waals surface area contributed by atoms with Gasteiger partial charge in [0.05, 0.1) is 23.6 Å². The lowest BCUT2D eigenvalue weighted by Gasteiger charge is -2.29. The number of hydrogen-bond donors (Lipinski definition) is 1. The molecular formula is C22H25N5O3S. The number of carbonyl (C=O) groups excluding carboxylic acids is 2. The molecule has 3 heterocycles. The lowest BCUT2D eigenvalue weighted by atomic mass is 9.98. The summed E-state index contributed by atoms with van der Waals surface area (Å²) in [5.74, 6) is -0.0846. The van der Waals surface area contributed by atoms with Gasteiger partial charge in [0.2, 0.25) is 5.91 Å². The average molecular weight is 440 g/mol. The molecule has 1 aliphatic heterocycles. The van der Waals surface area contributed by atoms with Gasteiger partial charge in [-0.15, -0.1) is 11.3 Å². The molecule has 0 atom stereocenters. The van der Waals surface area contributed by atoms with E-state index in [0.29, 0.717) is 42.4 Å². The number of ether oxygens (including phenoxy) is 1. The normalized spacial score (nSPS) is 13.4. The van der Waals surface area contributed by atoms with Crippen LogP contribution in [0.2, 0.25) is 0 Å². The van der Waals surface area contributed by atoms with Crippen LogP contribution in [-0.4, -0.2) is 46.8 Å². The third-order valence-electron chi connectivity index (χ3n) is 5.56. The van der Waals surface area contributed by atoms with Crippen LogP contribution in [-0.2, 0) is 23.0 Å². The maximum atomic E-state index is 12.7. The standard InChI is InChI=1S/C22H25N5O3S/c1-13-20(14(2)26(3)25-13)21(29)24-22-23-17(12-31-22)15-5-7-18-16(11-15)6-8-19(28)27(18)9-10-30-4/h5,7,11-12H,6,8-10H2,1-4H3,(H,23,24,29). The highest BCUT2D eigenvalue weighted by atomic mass is 32.1. The largest absolute Gasteiger partial charge is 0.383 e. The minimum Gasteiger partial charge on any atom is -0.383 e. The van der Waals surface area contributed by atoms with Crippen LogP contribution in [0.5, 0.6) is 0 Å². The molecule has 0 saturated carbocycles. The Morgan fingerprint density at radius 1 is 1.29 bits per heavy atom. The van der Waals surface area contributed by atoms with E-state index in [1.807, 2.05) is 38.4 Å². The van der Waals surface area contributed by atoms with Gasteiger partial charge in [-0.25, -0.2) is 4.98 Å². The number of methoxy groups -OCH3 is 1. The molecule has 0 unspecified atom stereocenters. The number of aromatic nitrogens is 3. The van der Waals surface area contributed by atoms with Crippen molar-refractivity contribution in [2.75, 3.05) is 30.5 Å². The van der Waals surface area contributed by atoms with Crippen molar-refractivity contribution in [3.63, 3.8) is 0 Å². The first kappa shape index (κ1) is 21.2. The number of nitrogens with zero attached hydrogens (tertiary/aromatic N) is 4. The van der Waals surface area contributed by atoms with Crippen molar-refractivity contribution in [2.45, 2.75) is 26.7 Å². The number of carbonyl (C=O) groups is 2. The highest BCUT2D eigenvalue weighted by Gasteiger charge is 2.24. The van der Waals surface area contributed by atoms with E-state index in [4.69, 9.17) is 4.74 Å². The third kappa shape index (κ3) is 4.11. The van der Waals surface area contributed by atoms with Crippen molar-refractivity contribution in [2.24, 2.45) is 7.05 Å². The molecule has 0 fully saturated rings. The molecule has 0 aliphatic carbocycles. The molecule has 9 heteroatoms. The van der Waals surface area contributed by atoms with E-state index in [1.165, 1.54) is 11.3 Å². The second kappa shape index (κ2) is 8.60. The summed E-state index contributed by atoms with van der Waals surface area (Å²) < 4.78 is 6.84. The second-order valence-corrected chi connectivity index (χ2v) is 8.40. The van der Waals surface area contributed by atoms with Crippen molar-refractivity contribution in [3.8, 4) is 11.3 Å². The summed E-state index contributed by atoms with van der Waals surface area (Å²) in [4.78, 5) is 31.4. The first-order chi connectivity index (χ1) is 14.9. The second-order valence-electron chi connectivity index (χ2n) is 7.54. The zero-order valence-corrected chi connectivity index (χ0v) is 18.9. The van der Waals surface area contributed by atoms with Gasteiger partial charge in [-0.3, -0.25) is 19.6 Å². The molecule has 162 valence electrons. The fourth-order valence-electron chi connectivity index (χ4n) is 3.87. The van der Waals surface area contributed by atoms with E-state index in [-0.39, 0.29) is 11.8 Å². The molecule has 1 aliphatic rings. The molecule has 31 heavy (non-hydrogen) atoms. The Labute approximate surface area is 184 Å². The molecule has 4 rings (SSSR count). The maximum absolute atomic E-state index is 12.7. The Morgan fingerprint density at radius 2 is 2.10 bits per heavy atom. The topological polar surface area (TPSA) is 89.4 Å². The quantitative estimate of drug-likeness (QED) is 0.636. The van der Waals surface area contributed by atoms with Crippen LogP contribution >= 0.6 is 11.3 Å². The smallest absolute Gasteiger partial charge is 0.261 e. The average Bonchev–Trinajstić information content (AvgIpc) is 3.30. The number of rotatable bonds is 6. The van der Waals surface area contributed by atoms with Crippen LogP contribution in [0.1, 0.15) is 33.7 Å². The SMILES string of the molecule is COCCN1C(=O)CCc2cc(-c3csc(NC(=O)c4c(C)nn(C)c4C)n3)ccc21. The van der Waals surface area contributed by atoms with E-state index < -0.39 is 0 Å². The van der Waals surface area contributed by atoms with Gasteiger partial charge in [0, 0.05) is 49.4 Å². The van der Waals surface area contributed by atoms with Crippen LogP contribution in [0.15, 0.2) is 23.6 Å². The van der Waals surface area contributed by atoms with Crippen LogP contribution in [0, 0.1) is 13.8 Å². The minimum atomic E-state index is -0.207. The van der Waals surface area contributed by atoms with E-state index in [1.54, 1.807) is 16.7 Å². The van der Waals surface area contributed by atoms with Gasteiger partial charge in [0.1, 0.15) is 0 Å². The molecule has 1 N–H and O–H groups in total. The minimum absolute atomic E-state index is 0.122.